The van der Waals surface area contributed by atoms with Crippen LogP contribution < -0.4 is 5.73 Å². The maximum absolute atomic E-state index is 10.6. The van der Waals surface area contributed by atoms with Gasteiger partial charge in [0.25, 0.3) is 0 Å². The standard InChI is InChI=1S/C9H13NO2S/c1-9(2,3)7-5(10)4-6(13-7)8(11)12/h4H,10H2,1-3H3,(H,11,12). The number of nitrogen functional groups attached to an aromatic ring is 1. The van der Waals surface area contributed by atoms with Crippen LogP contribution in [-0.2, 0) is 5.41 Å². The number of carboxylic acid groups (broad SMARTS) is 1. The second-order valence-electron chi connectivity index (χ2n) is 3.95. The second-order valence-corrected chi connectivity index (χ2v) is 5.00. The van der Waals surface area contributed by atoms with Gasteiger partial charge < -0.3 is 10.8 Å². The smallest absolute Gasteiger partial charge is 0.345 e. The number of anilines is 1. The zero-order chi connectivity index (χ0) is 10.2. The van der Waals surface area contributed by atoms with Crippen molar-refractivity contribution in [2.75, 3.05) is 5.73 Å². The molecule has 0 saturated heterocycles. The summed E-state index contributed by atoms with van der Waals surface area (Å²) in [6.45, 7) is 6.04. The van der Waals surface area contributed by atoms with Gasteiger partial charge in [-0.15, -0.1) is 11.3 Å². The fraction of sp³-hybridized carbons (Fsp3) is 0.444. The SMILES string of the molecule is CC(C)(C)c1sc(C(=O)O)cc1N. The van der Waals surface area contributed by atoms with E-state index >= 15 is 0 Å². The quantitative estimate of drug-likeness (QED) is 0.729. The molecule has 1 aromatic rings. The molecule has 4 heteroatoms. The van der Waals surface area contributed by atoms with Crippen LogP contribution in [0.1, 0.15) is 35.3 Å². The molecule has 0 radical (unpaired) electrons. The third kappa shape index (κ3) is 2.01. The van der Waals surface area contributed by atoms with Gasteiger partial charge in [0, 0.05) is 10.6 Å². The van der Waals surface area contributed by atoms with Crippen molar-refractivity contribution in [1.82, 2.24) is 0 Å². The number of carbonyl (C=O) groups is 1. The Morgan fingerprint density at radius 2 is 2.08 bits per heavy atom. The Labute approximate surface area is 81.2 Å². The average molecular weight is 199 g/mol. The summed E-state index contributed by atoms with van der Waals surface area (Å²) in [7, 11) is 0. The van der Waals surface area contributed by atoms with E-state index in [1.165, 1.54) is 17.4 Å². The van der Waals surface area contributed by atoms with Crippen LogP contribution in [0.3, 0.4) is 0 Å². The van der Waals surface area contributed by atoms with Crippen LogP contribution in [0, 0.1) is 0 Å². The van der Waals surface area contributed by atoms with Gasteiger partial charge in [-0.05, 0) is 11.5 Å². The molecule has 0 atom stereocenters. The van der Waals surface area contributed by atoms with E-state index in [0.29, 0.717) is 10.6 Å². The molecule has 0 spiro atoms. The van der Waals surface area contributed by atoms with Crippen molar-refractivity contribution >= 4 is 23.0 Å². The predicted molar refractivity (Wildman–Crippen MR) is 54.4 cm³/mol. The predicted octanol–water partition coefficient (Wildman–Crippen LogP) is 2.33. The van der Waals surface area contributed by atoms with E-state index in [2.05, 4.69) is 0 Å². The summed E-state index contributed by atoms with van der Waals surface area (Å²) in [5, 5.41) is 8.74. The summed E-state index contributed by atoms with van der Waals surface area (Å²) in [5.74, 6) is -0.910. The molecule has 0 bridgehead atoms. The number of nitrogens with two attached hydrogens (primary N) is 1. The van der Waals surface area contributed by atoms with Gasteiger partial charge in [-0.2, -0.15) is 0 Å². The van der Waals surface area contributed by atoms with Crippen molar-refractivity contribution in [3.63, 3.8) is 0 Å². The lowest BCUT2D eigenvalue weighted by Gasteiger charge is -2.16. The van der Waals surface area contributed by atoms with E-state index < -0.39 is 5.97 Å². The fourth-order valence-corrected chi connectivity index (χ4v) is 2.07. The Balaban J connectivity index is 3.18. The normalized spacial score (nSPS) is 11.6. The van der Waals surface area contributed by atoms with Crippen LogP contribution in [0.4, 0.5) is 5.69 Å². The minimum atomic E-state index is -0.910. The molecular weight excluding hydrogens is 186 g/mol. The molecule has 1 heterocycles. The summed E-state index contributed by atoms with van der Waals surface area (Å²) >= 11 is 1.25. The van der Waals surface area contributed by atoms with Crippen LogP contribution in [0.25, 0.3) is 0 Å². The van der Waals surface area contributed by atoms with E-state index in [1.54, 1.807) is 0 Å². The molecule has 0 aliphatic carbocycles. The Kier molecular flexibility index (Phi) is 2.34. The van der Waals surface area contributed by atoms with Crippen LogP contribution in [0.2, 0.25) is 0 Å². The third-order valence-electron chi connectivity index (χ3n) is 1.65. The lowest BCUT2D eigenvalue weighted by atomic mass is 9.94. The van der Waals surface area contributed by atoms with Crippen LogP contribution in [0.5, 0.6) is 0 Å². The molecule has 3 nitrogen and oxygen atoms in total. The van der Waals surface area contributed by atoms with Crippen molar-refractivity contribution in [3.8, 4) is 0 Å². The summed E-state index contributed by atoms with van der Waals surface area (Å²) in [6.07, 6.45) is 0. The molecule has 3 N–H and O–H groups in total. The molecule has 0 saturated carbocycles. The van der Waals surface area contributed by atoms with Gasteiger partial charge in [-0.3, -0.25) is 0 Å². The first-order valence-corrected chi connectivity index (χ1v) is 4.77. The Bertz CT molecular complexity index is 336. The van der Waals surface area contributed by atoms with E-state index in [-0.39, 0.29) is 5.41 Å². The third-order valence-corrected chi connectivity index (χ3v) is 3.22. The van der Waals surface area contributed by atoms with Crippen molar-refractivity contribution in [1.29, 1.82) is 0 Å². The zero-order valence-corrected chi connectivity index (χ0v) is 8.73. The second kappa shape index (κ2) is 3.03. The molecule has 0 amide bonds. The number of rotatable bonds is 1. The lowest BCUT2D eigenvalue weighted by molar-refractivity contribution is 0.0702. The van der Waals surface area contributed by atoms with Crippen LogP contribution in [0.15, 0.2) is 6.07 Å². The van der Waals surface area contributed by atoms with Crippen molar-refractivity contribution in [2.24, 2.45) is 0 Å². The van der Waals surface area contributed by atoms with Gasteiger partial charge in [-0.25, -0.2) is 4.79 Å². The number of hydrogen-bond acceptors (Lipinski definition) is 3. The molecule has 0 fully saturated rings. The number of hydrogen-bond donors (Lipinski definition) is 2. The first-order valence-electron chi connectivity index (χ1n) is 3.95. The van der Waals surface area contributed by atoms with Crippen LogP contribution in [-0.4, -0.2) is 11.1 Å². The first-order chi connectivity index (χ1) is 5.82. The highest BCUT2D eigenvalue weighted by molar-refractivity contribution is 7.14. The fourth-order valence-electron chi connectivity index (χ4n) is 1.10. The first kappa shape index (κ1) is 10.1. The van der Waals surface area contributed by atoms with E-state index in [0.717, 1.165) is 4.88 Å². The molecule has 1 aromatic heterocycles. The highest BCUT2D eigenvalue weighted by Gasteiger charge is 2.21. The van der Waals surface area contributed by atoms with Gasteiger partial charge in [0.05, 0.1) is 0 Å². The van der Waals surface area contributed by atoms with Crippen molar-refractivity contribution in [3.05, 3.63) is 15.8 Å². The summed E-state index contributed by atoms with van der Waals surface area (Å²) in [4.78, 5) is 11.9. The summed E-state index contributed by atoms with van der Waals surface area (Å²) in [5.41, 5.74) is 6.21. The largest absolute Gasteiger partial charge is 0.477 e. The van der Waals surface area contributed by atoms with Crippen molar-refractivity contribution in [2.45, 2.75) is 26.2 Å². The Morgan fingerprint density at radius 1 is 1.54 bits per heavy atom. The maximum Gasteiger partial charge on any atom is 0.345 e. The van der Waals surface area contributed by atoms with Crippen molar-refractivity contribution < 1.29 is 9.90 Å². The van der Waals surface area contributed by atoms with Gasteiger partial charge in [-0.1, -0.05) is 20.8 Å². The number of carboxylic acids is 1. The van der Waals surface area contributed by atoms with Gasteiger partial charge in [0.15, 0.2) is 0 Å². The average Bonchev–Trinajstić information content (AvgIpc) is 2.29. The van der Waals surface area contributed by atoms with E-state index in [4.69, 9.17) is 10.8 Å². The Hall–Kier alpha value is -1.03. The zero-order valence-electron chi connectivity index (χ0n) is 7.92. The maximum atomic E-state index is 10.6. The highest BCUT2D eigenvalue weighted by Crippen LogP contribution is 2.35. The summed E-state index contributed by atoms with van der Waals surface area (Å²) in [6, 6.07) is 1.52. The molecule has 0 aliphatic heterocycles. The molecule has 0 aliphatic rings. The molecule has 72 valence electrons. The number of aromatic carboxylic acids is 1. The summed E-state index contributed by atoms with van der Waals surface area (Å²) < 4.78 is 0. The number of thiophene rings is 1. The Morgan fingerprint density at radius 3 is 2.31 bits per heavy atom. The van der Waals surface area contributed by atoms with Gasteiger partial charge in [0.2, 0.25) is 0 Å². The van der Waals surface area contributed by atoms with Crippen LogP contribution >= 0.6 is 11.3 Å². The molecule has 1 rings (SSSR count). The molecular formula is C9H13NO2S. The van der Waals surface area contributed by atoms with Gasteiger partial charge >= 0.3 is 5.97 Å². The highest BCUT2D eigenvalue weighted by atomic mass is 32.1. The van der Waals surface area contributed by atoms with E-state index in [9.17, 15) is 4.79 Å². The van der Waals surface area contributed by atoms with Gasteiger partial charge in [0.1, 0.15) is 4.88 Å². The lowest BCUT2D eigenvalue weighted by Crippen LogP contribution is -2.10. The monoisotopic (exact) mass is 199 g/mol. The topological polar surface area (TPSA) is 63.3 Å². The minimum absolute atomic E-state index is 0.0809. The van der Waals surface area contributed by atoms with E-state index in [1.807, 2.05) is 20.8 Å². The molecule has 13 heavy (non-hydrogen) atoms. The molecule has 0 unspecified atom stereocenters. The molecule has 0 aromatic carbocycles. The minimum Gasteiger partial charge on any atom is -0.477 e.